The first-order valence-corrected chi connectivity index (χ1v) is 6.94. The van der Waals surface area contributed by atoms with Gasteiger partial charge in [-0.25, -0.2) is 4.21 Å². The number of nitrogens with one attached hydrogen (secondary N) is 1. The van der Waals surface area contributed by atoms with Crippen LogP contribution in [0.15, 0.2) is 0 Å². The van der Waals surface area contributed by atoms with Gasteiger partial charge in [-0.15, -0.1) is 0 Å². The third kappa shape index (κ3) is 2.37. The van der Waals surface area contributed by atoms with Crippen LogP contribution in [0.1, 0.15) is 19.8 Å². The fraction of sp³-hybridized carbons (Fsp3) is 1.00. The van der Waals surface area contributed by atoms with Gasteiger partial charge in [-0.1, -0.05) is 6.92 Å². The van der Waals surface area contributed by atoms with Crippen LogP contribution in [-0.4, -0.2) is 26.7 Å². The van der Waals surface area contributed by atoms with Crippen LogP contribution in [0.5, 0.6) is 0 Å². The lowest BCUT2D eigenvalue weighted by Gasteiger charge is -2.22. The van der Waals surface area contributed by atoms with Gasteiger partial charge in [0.2, 0.25) is 0 Å². The number of hydrogen-bond acceptors (Lipinski definition) is 3. The molecule has 1 rings (SSSR count). The summed E-state index contributed by atoms with van der Waals surface area (Å²) in [5, 5.41) is 0.189. The fourth-order valence-electron chi connectivity index (χ4n) is 1.29. The van der Waals surface area contributed by atoms with Crippen molar-refractivity contribution in [3.8, 4) is 0 Å². The first-order valence-electron chi connectivity index (χ1n) is 4.00. The quantitative estimate of drug-likeness (QED) is 0.728. The van der Waals surface area contributed by atoms with Crippen molar-refractivity contribution in [2.24, 2.45) is 0 Å². The number of rotatable bonds is 2. The van der Waals surface area contributed by atoms with Crippen LogP contribution in [-0.2, 0) is 9.73 Å². The van der Waals surface area contributed by atoms with Crippen LogP contribution in [0.4, 0.5) is 0 Å². The summed E-state index contributed by atoms with van der Waals surface area (Å²) >= 11 is 1.92. The van der Waals surface area contributed by atoms with Crippen molar-refractivity contribution in [2.45, 2.75) is 25.0 Å². The molecule has 1 aliphatic heterocycles. The second kappa shape index (κ2) is 3.81. The Balaban J connectivity index is 2.58. The summed E-state index contributed by atoms with van der Waals surface area (Å²) in [7, 11) is -2.23. The van der Waals surface area contributed by atoms with Crippen molar-refractivity contribution in [1.82, 2.24) is 0 Å². The van der Waals surface area contributed by atoms with Crippen LogP contribution < -0.4 is 0 Å². The lowest BCUT2D eigenvalue weighted by atomic mass is 10.2. The Bertz CT molecular complexity index is 204. The Morgan fingerprint density at radius 1 is 1.55 bits per heavy atom. The molecule has 1 unspecified atom stereocenters. The molecule has 2 nitrogen and oxygen atoms in total. The summed E-state index contributed by atoms with van der Waals surface area (Å²) < 4.78 is 19.2. The third-order valence-electron chi connectivity index (χ3n) is 2.14. The minimum Gasteiger partial charge on any atom is -0.253 e. The molecule has 0 aromatic heterocycles. The van der Waals surface area contributed by atoms with Gasteiger partial charge in [0, 0.05) is 20.7 Å². The highest BCUT2D eigenvalue weighted by Crippen LogP contribution is 2.23. The molecule has 0 aliphatic carbocycles. The molecule has 0 aromatic carbocycles. The average Bonchev–Trinajstić information content (AvgIpc) is 2.06. The molecule has 1 atom stereocenters. The summed E-state index contributed by atoms with van der Waals surface area (Å²) in [5.41, 5.74) is 0. The molecule has 1 N–H and O–H groups in total. The van der Waals surface area contributed by atoms with Crippen molar-refractivity contribution in [1.29, 1.82) is 4.78 Å². The van der Waals surface area contributed by atoms with E-state index in [1.807, 2.05) is 18.7 Å². The highest BCUT2D eigenvalue weighted by atomic mass is 32.2. The molecular weight excluding hydrogens is 178 g/mol. The summed E-state index contributed by atoms with van der Waals surface area (Å²) in [6, 6.07) is 0. The smallest absolute Gasteiger partial charge is 0.0468 e. The van der Waals surface area contributed by atoms with Gasteiger partial charge in [-0.2, -0.15) is 11.8 Å². The highest BCUT2D eigenvalue weighted by molar-refractivity contribution is 7.99. The summed E-state index contributed by atoms with van der Waals surface area (Å²) in [6.07, 6.45) is 1.97. The molecule has 0 saturated carbocycles. The second-order valence-corrected chi connectivity index (χ2v) is 6.75. The SMILES string of the molecule is CCS(=N)(=O)C1CCSCC1. The minimum absolute atomic E-state index is 0.189. The molecular formula is C7H15NOS2. The van der Waals surface area contributed by atoms with Gasteiger partial charge in [0.25, 0.3) is 0 Å². The van der Waals surface area contributed by atoms with E-state index in [1.165, 1.54) is 0 Å². The molecule has 66 valence electrons. The Labute approximate surface area is 73.1 Å². The Kier molecular flexibility index (Phi) is 3.25. The maximum atomic E-state index is 11.6. The normalized spacial score (nSPS) is 26.3. The van der Waals surface area contributed by atoms with E-state index >= 15 is 0 Å². The second-order valence-electron chi connectivity index (χ2n) is 2.83. The molecule has 0 radical (unpaired) electrons. The average molecular weight is 193 g/mol. The summed E-state index contributed by atoms with van der Waals surface area (Å²) in [5.74, 6) is 2.73. The topological polar surface area (TPSA) is 40.9 Å². The Morgan fingerprint density at radius 2 is 2.09 bits per heavy atom. The zero-order valence-electron chi connectivity index (χ0n) is 6.84. The lowest BCUT2D eigenvalue weighted by Crippen LogP contribution is -2.26. The van der Waals surface area contributed by atoms with E-state index in [4.69, 9.17) is 4.78 Å². The van der Waals surface area contributed by atoms with Crippen LogP contribution in [0.3, 0.4) is 0 Å². The fourth-order valence-corrected chi connectivity index (χ4v) is 4.17. The minimum atomic E-state index is -2.23. The van der Waals surface area contributed by atoms with Crippen LogP contribution in [0, 0.1) is 4.78 Å². The van der Waals surface area contributed by atoms with Gasteiger partial charge in [0.1, 0.15) is 0 Å². The van der Waals surface area contributed by atoms with E-state index in [0.29, 0.717) is 5.75 Å². The Hall–Kier alpha value is 0.300. The summed E-state index contributed by atoms with van der Waals surface area (Å²) in [4.78, 5) is 0. The molecule has 1 heterocycles. The van der Waals surface area contributed by atoms with Gasteiger partial charge < -0.3 is 0 Å². The van der Waals surface area contributed by atoms with Gasteiger partial charge in [-0.3, -0.25) is 4.78 Å². The van der Waals surface area contributed by atoms with Crippen LogP contribution in [0.25, 0.3) is 0 Å². The predicted molar refractivity (Wildman–Crippen MR) is 51.8 cm³/mol. The molecule has 1 saturated heterocycles. The van der Waals surface area contributed by atoms with E-state index in [9.17, 15) is 4.21 Å². The molecule has 4 heteroatoms. The van der Waals surface area contributed by atoms with Crippen molar-refractivity contribution >= 4 is 21.5 Å². The van der Waals surface area contributed by atoms with Crippen LogP contribution >= 0.6 is 11.8 Å². The first-order chi connectivity index (χ1) is 5.17. The van der Waals surface area contributed by atoms with Crippen molar-refractivity contribution in [3.05, 3.63) is 0 Å². The third-order valence-corrected chi connectivity index (χ3v) is 5.59. The van der Waals surface area contributed by atoms with E-state index < -0.39 is 9.73 Å². The number of hydrogen-bond donors (Lipinski definition) is 1. The molecule has 1 fully saturated rings. The van der Waals surface area contributed by atoms with Gasteiger partial charge in [0.05, 0.1) is 0 Å². The van der Waals surface area contributed by atoms with Crippen molar-refractivity contribution < 1.29 is 4.21 Å². The van der Waals surface area contributed by atoms with Crippen molar-refractivity contribution in [2.75, 3.05) is 17.3 Å². The zero-order valence-corrected chi connectivity index (χ0v) is 8.47. The Morgan fingerprint density at radius 3 is 2.55 bits per heavy atom. The lowest BCUT2D eigenvalue weighted by molar-refractivity contribution is 0.647. The maximum absolute atomic E-state index is 11.6. The highest BCUT2D eigenvalue weighted by Gasteiger charge is 2.22. The first kappa shape index (κ1) is 9.39. The maximum Gasteiger partial charge on any atom is 0.0468 e. The molecule has 0 amide bonds. The molecule has 0 spiro atoms. The van der Waals surface area contributed by atoms with Crippen molar-refractivity contribution in [3.63, 3.8) is 0 Å². The van der Waals surface area contributed by atoms with Gasteiger partial charge in [-0.05, 0) is 24.3 Å². The van der Waals surface area contributed by atoms with E-state index in [0.717, 1.165) is 24.3 Å². The molecule has 0 bridgehead atoms. The van der Waals surface area contributed by atoms with E-state index in [1.54, 1.807) is 0 Å². The van der Waals surface area contributed by atoms with E-state index in [2.05, 4.69) is 0 Å². The standard InChI is InChI=1S/C7H15NOS2/c1-2-11(8,9)7-3-5-10-6-4-7/h7-8H,2-6H2,1H3. The summed E-state index contributed by atoms with van der Waals surface area (Å²) in [6.45, 7) is 1.86. The van der Waals surface area contributed by atoms with Crippen LogP contribution in [0.2, 0.25) is 0 Å². The number of thioether (sulfide) groups is 1. The monoisotopic (exact) mass is 193 g/mol. The predicted octanol–water partition coefficient (Wildman–Crippen LogP) is 1.95. The molecule has 11 heavy (non-hydrogen) atoms. The van der Waals surface area contributed by atoms with E-state index in [-0.39, 0.29) is 5.25 Å². The van der Waals surface area contributed by atoms with Gasteiger partial charge >= 0.3 is 0 Å². The molecule has 1 aliphatic rings. The van der Waals surface area contributed by atoms with Gasteiger partial charge in [0.15, 0.2) is 0 Å². The molecule has 0 aromatic rings. The largest absolute Gasteiger partial charge is 0.253 e. The zero-order chi connectivity index (χ0) is 8.32.